The largest absolute Gasteiger partial charge is 0.397 e. The third-order valence-corrected chi connectivity index (χ3v) is 3.85. The van der Waals surface area contributed by atoms with Gasteiger partial charge in [-0.2, -0.15) is 0 Å². The van der Waals surface area contributed by atoms with Crippen molar-refractivity contribution in [1.29, 1.82) is 0 Å². The summed E-state index contributed by atoms with van der Waals surface area (Å²) in [7, 11) is 0. The molecule has 3 N–H and O–H groups in total. The molecule has 1 aromatic rings. The van der Waals surface area contributed by atoms with Gasteiger partial charge >= 0.3 is 0 Å². The lowest BCUT2D eigenvalue weighted by Crippen LogP contribution is -2.08. The van der Waals surface area contributed by atoms with Crippen molar-refractivity contribution in [2.24, 2.45) is 5.92 Å². The number of nitrogens with two attached hydrogens (primary N) is 1. The number of anilines is 2. The first-order valence-electron chi connectivity index (χ1n) is 6.04. The molecule has 0 heterocycles. The van der Waals surface area contributed by atoms with Crippen molar-refractivity contribution < 1.29 is 0 Å². The van der Waals surface area contributed by atoms with Crippen molar-refractivity contribution in [2.45, 2.75) is 32.1 Å². The number of rotatable bonds is 4. The Hall–Kier alpha value is -0.700. The quantitative estimate of drug-likeness (QED) is 0.819. The van der Waals surface area contributed by atoms with Crippen LogP contribution in [0.25, 0.3) is 0 Å². The molecule has 88 valence electrons. The van der Waals surface area contributed by atoms with Crippen molar-refractivity contribution in [2.75, 3.05) is 17.6 Å². The zero-order valence-corrected chi connectivity index (χ0v) is 11.1. The normalized spacial score (nSPS) is 16.6. The molecule has 0 aromatic heterocycles. The zero-order chi connectivity index (χ0) is 11.4. The molecule has 0 atom stereocenters. The van der Waals surface area contributed by atoms with Gasteiger partial charge in [0.1, 0.15) is 0 Å². The average molecular weight is 283 g/mol. The lowest BCUT2D eigenvalue weighted by molar-refractivity contribution is 0.519. The highest BCUT2D eigenvalue weighted by atomic mass is 79.9. The average Bonchev–Trinajstić information content (AvgIpc) is 2.74. The summed E-state index contributed by atoms with van der Waals surface area (Å²) >= 11 is 3.41. The highest BCUT2D eigenvalue weighted by molar-refractivity contribution is 9.10. The highest BCUT2D eigenvalue weighted by Crippen LogP contribution is 2.28. The molecular formula is C13H19BrN2. The monoisotopic (exact) mass is 282 g/mol. The number of hydrogen-bond donors (Lipinski definition) is 2. The van der Waals surface area contributed by atoms with E-state index in [1.165, 1.54) is 32.1 Å². The fourth-order valence-corrected chi connectivity index (χ4v) is 2.78. The summed E-state index contributed by atoms with van der Waals surface area (Å²) in [5, 5.41) is 3.42. The lowest BCUT2D eigenvalue weighted by Gasteiger charge is -2.12. The zero-order valence-electron chi connectivity index (χ0n) is 9.51. The van der Waals surface area contributed by atoms with E-state index in [-0.39, 0.29) is 0 Å². The number of nitrogens with one attached hydrogen (secondary N) is 1. The van der Waals surface area contributed by atoms with Crippen LogP contribution in [0.5, 0.6) is 0 Å². The summed E-state index contributed by atoms with van der Waals surface area (Å²) in [6.07, 6.45) is 6.95. The molecule has 1 aliphatic rings. The van der Waals surface area contributed by atoms with Crippen LogP contribution in [0.3, 0.4) is 0 Å². The van der Waals surface area contributed by atoms with Crippen molar-refractivity contribution >= 4 is 27.3 Å². The first-order valence-corrected chi connectivity index (χ1v) is 6.84. The van der Waals surface area contributed by atoms with Gasteiger partial charge in [-0.05, 0) is 30.5 Å². The molecule has 1 saturated carbocycles. The van der Waals surface area contributed by atoms with Gasteiger partial charge in [-0.25, -0.2) is 0 Å². The first-order chi connectivity index (χ1) is 7.75. The second-order valence-corrected chi connectivity index (χ2v) is 5.51. The second kappa shape index (κ2) is 5.58. The number of benzene rings is 1. The van der Waals surface area contributed by atoms with E-state index < -0.39 is 0 Å². The van der Waals surface area contributed by atoms with Gasteiger partial charge in [-0.1, -0.05) is 41.6 Å². The maximum atomic E-state index is 5.92. The topological polar surface area (TPSA) is 38.0 Å². The van der Waals surface area contributed by atoms with E-state index in [1.807, 2.05) is 18.2 Å². The Labute approximate surface area is 106 Å². The molecule has 1 aliphatic carbocycles. The van der Waals surface area contributed by atoms with E-state index in [4.69, 9.17) is 5.73 Å². The van der Waals surface area contributed by atoms with Crippen LogP contribution >= 0.6 is 15.9 Å². The van der Waals surface area contributed by atoms with Gasteiger partial charge in [0.2, 0.25) is 0 Å². The lowest BCUT2D eigenvalue weighted by atomic mass is 10.0. The summed E-state index contributed by atoms with van der Waals surface area (Å²) < 4.78 is 1.03. The predicted molar refractivity (Wildman–Crippen MR) is 73.6 cm³/mol. The van der Waals surface area contributed by atoms with Crippen LogP contribution in [0.2, 0.25) is 0 Å². The third kappa shape index (κ3) is 3.14. The molecule has 1 fully saturated rings. The summed E-state index contributed by atoms with van der Waals surface area (Å²) in [6, 6.07) is 6.00. The molecule has 0 spiro atoms. The maximum Gasteiger partial charge on any atom is 0.0574 e. The van der Waals surface area contributed by atoms with Crippen LogP contribution in [-0.4, -0.2) is 6.54 Å². The molecule has 3 heteroatoms. The minimum absolute atomic E-state index is 0.820. The van der Waals surface area contributed by atoms with E-state index in [9.17, 15) is 0 Å². The minimum atomic E-state index is 0.820. The maximum absolute atomic E-state index is 5.92. The van der Waals surface area contributed by atoms with E-state index in [2.05, 4.69) is 21.2 Å². The van der Waals surface area contributed by atoms with Crippen LogP contribution in [0.1, 0.15) is 32.1 Å². The Morgan fingerprint density at radius 2 is 2.06 bits per heavy atom. The molecule has 2 rings (SSSR count). The summed E-state index contributed by atoms with van der Waals surface area (Å²) in [5.41, 5.74) is 7.80. The Kier molecular flexibility index (Phi) is 4.10. The van der Waals surface area contributed by atoms with Gasteiger partial charge in [0.05, 0.1) is 11.4 Å². The van der Waals surface area contributed by atoms with Crippen molar-refractivity contribution in [3.8, 4) is 0 Å². The van der Waals surface area contributed by atoms with Gasteiger partial charge in [0.15, 0.2) is 0 Å². The molecule has 0 bridgehead atoms. The standard InChI is InChI=1S/C13H19BrN2/c14-11-5-6-13(12(15)9-11)16-8-7-10-3-1-2-4-10/h5-6,9-10,16H,1-4,7-8,15H2. The number of hydrogen-bond acceptors (Lipinski definition) is 2. The summed E-state index contributed by atoms with van der Waals surface area (Å²) in [5.74, 6) is 0.934. The smallest absolute Gasteiger partial charge is 0.0574 e. The molecule has 0 radical (unpaired) electrons. The van der Waals surface area contributed by atoms with Crippen molar-refractivity contribution in [1.82, 2.24) is 0 Å². The fraction of sp³-hybridized carbons (Fsp3) is 0.538. The SMILES string of the molecule is Nc1cc(Br)ccc1NCCC1CCCC1. The molecule has 16 heavy (non-hydrogen) atoms. The number of nitrogen functional groups attached to an aromatic ring is 1. The third-order valence-electron chi connectivity index (χ3n) is 3.36. The Morgan fingerprint density at radius 1 is 1.31 bits per heavy atom. The molecule has 2 nitrogen and oxygen atoms in total. The molecule has 1 aromatic carbocycles. The summed E-state index contributed by atoms with van der Waals surface area (Å²) in [6.45, 7) is 1.04. The molecule has 0 aliphatic heterocycles. The summed E-state index contributed by atoms with van der Waals surface area (Å²) in [4.78, 5) is 0. The van der Waals surface area contributed by atoms with Crippen molar-refractivity contribution in [3.63, 3.8) is 0 Å². The molecule has 0 unspecified atom stereocenters. The second-order valence-electron chi connectivity index (χ2n) is 4.60. The molecule has 0 saturated heterocycles. The fourth-order valence-electron chi connectivity index (χ4n) is 2.40. The first kappa shape index (κ1) is 11.8. The van der Waals surface area contributed by atoms with E-state index in [0.29, 0.717) is 0 Å². The highest BCUT2D eigenvalue weighted by Gasteiger charge is 2.14. The van der Waals surface area contributed by atoms with Gasteiger partial charge in [0, 0.05) is 11.0 Å². The van der Waals surface area contributed by atoms with Crippen LogP contribution < -0.4 is 11.1 Å². The van der Waals surface area contributed by atoms with Crippen LogP contribution in [-0.2, 0) is 0 Å². The number of halogens is 1. The molecular weight excluding hydrogens is 264 g/mol. The molecule has 0 amide bonds. The van der Waals surface area contributed by atoms with E-state index in [1.54, 1.807) is 0 Å². The van der Waals surface area contributed by atoms with Gasteiger partial charge in [-0.3, -0.25) is 0 Å². The minimum Gasteiger partial charge on any atom is -0.397 e. The van der Waals surface area contributed by atoms with Crippen LogP contribution in [0, 0.1) is 5.92 Å². The van der Waals surface area contributed by atoms with Gasteiger partial charge in [0.25, 0.3) is 0 Å². The van der Waals surface area contributed by atoms with Crippen LogP contribution in [0.4, 0.5) is 11.4 Å². The van der Waals surface area contributed by atoms with E-state index in [0.717, 1.165) is 28.3 Å². The Balaban J connectivity index is 1.80. The van der Waals surface area contributed by atoms with Gasteiger partial charge in [-0.15, -0.1) is 0 Å². The predicted octanol–water partition coefficient (Wildman–Crippen LogP) is 4.02. The Morgan fingerprint density at radius 3 is 2.75 bits per heavy atom. The van der Waals surface area contributed by atoms with Gasteiger partial charge < -0.3 is 11.1 Å². The van der Waals surface area contributed by atoms with Crippen LogP contribution in [0.15, 0.2) is 22.7 Å². The van der Waals surface area contributed by atoms with E-state index >= 15 is 0 Å². The van der Waals surface area contributed by atoms with Crippen molar-refractivity contribution in [3.05, 3.63) is 22.7 Å². The Bertz CT molecular complexity index is 346.